The largest absolute Gasteiger partial charge is 0.398 e. The van der Waals surface area contributed by atoms with Gasteiger partial charge in [-0.2, -0.15) is 0 Å². The van der Waals surface area contributed by atoms with Gasteiger partial charge in [0.15, 0.2) is 5.82 Å². The summed E-state index contributed by atoms with van der Waals surface area (Å²) >= 11 is 3.47. The Balaban J connectivity index is 1.99. The van der Waals surface area contributed by atoms with Crippen molar-refractivity contribution in [1.29, 1.82) is 0 Å². The lowest BCUT2D eigenvalue weighted by atomic mass is 9.80. The van der Waals surface area contributed by atoms with Crippen LogP contribution in [0.15, 0.2) is 16.6 Å². The molecular weight excluding hydrogens is 334 g/mol. The van der Waals surface area contributed by atoms with Crippen molar-refractivity contribution in [3.8, 4) is 11.4 Å². The zero-order chi connectivity index (χ0) is 15.0. The molecule has 0 unspecified atom stereocenters. The lowest BCUT2D eigenvalue weighted by molar-refractivity contribution is -0.0855. The smallest absolute Gasteiger partial charge is 0.182 e. The molecule has 0 saturated heterocycles. The molecule has 0 spiro atoms. The van der Waals surface area contributed by atoms with E-state index in [1.165, 1.54) is 6.42 Å². The minimum atomic E-state index is -0.129. The Kier molecular flexibility index (Phi) is 3.71. The number of anilines is 1. The number of halogens is 1. The summed E-state index contributed by atoms with van der Waals surface area (Å²) in [6.45, 7) is 2.64. The second kappa shape index (κ2) is 5.38. The first-order valence-electron chi connectivity index (χ1n) is 6.92. The van der Waals surface area contributed by atoms with Crippen molar-refractivity contribution in [2.24, 2.45) is 0 Å². The van der Waals surface area contributed by atoms with Gasteiger partial charge in [-0.05, 0) is 54.3 Å². The molecule has 1 fully saturated rings. The zero-order valence-electron chi connectivity index (χ0n) is 12.1. The van der Waals surface area contributed by atoms with E-state index in [9.17, 15) is 0 Å². The van der Waals surface area contributed by atoms with E-state index in [4.69, 9.17) is 10.5 Å². The molecule has 1 heterocycles. The molecule has 1 aliphatic carbocycles. The predicted molar refractivity (Wildman–Crippen MR) is 83.7 cm³/mol. The number of hydrogen-bond donors (Lipinski definition) is 1. The topological polar surface area (TPSA) is 78.8 Å². The maximum atomic E-state index is 6.04. The standard InChI is InChI=1S/C14H18BrN5O/c1-9-11(6-10(15)7-12(9)16)13-17-18-19-20(13)8-14(21-2)4-3-5-14/h6-7H,3-5,8,16H2,1-2H3. The van der Waals surface area contributed by atoms with Gasteiger partial charge < -0.3 is 10.5 Å². The molecule has 2 N–H and O–H groups in total. The molecule has 0 atom stereocenters. The minimum absolute atomic E-state index is 0.129. The molecule has 0 bridgehead atoms. The van der Waals surface area contributed by atoms with Crippen molar-refractivity contribution in [3.05, 3.63) is 22.2 Å². The van der Waals surface area contributed by atoms with E-state index in [1.54, 1.807) is 7.11 Å². The van der Waals surface area contributed by atoms with Gasteiger partial charge in [0, 0.05) is 22.8 Å². The third-order valence-corrected chi connectivity index (χ3v) is 4.78. The molecule has 0 amide bonds. The van der Waals surface area contributed by atoms with Crippen molar-refractivity contribution in [2.45, 2.75) is 38.3 Å². The van der Waals surface area contributed by atoms with Crippen LogP contribution in [0.2, 0.25) is 0 Å². The van der Waals surface area contributed by atoms with Crippen LogP contribution in [0.5, 0.6) is 0 Å². The summed E-state index contributed by atoms with van der Waals surface area (Å²) in [5.74, 6) is 0.726. The van der Waals surface area contributed by atoms with Crippen molar-refractivity contribution in [1.82, 2.24) is 20.2 Å². The second-order valence-electron chi connectivity index (χ2n) is 5.57. The zero-order valence-corrected chi connectivity index (χ0v) is 13.7. The van der Waals surface area contributed by atoms with Gasteiger partial charge >= 0.3 is 0 Å². The Morgan fingerprint density at radius 1 is 1.43 bits per heavy atom. The molecule has 7 heteroatoms. The lowest BCUT2D eigenvalue weighted by Gasteiger charge is -2.40. The predicted octanol–water partition coefficient (Wildman–Crippen LogP) is 2.56. The van der Waals surface area contributed by atoms with Gasteiger partial charge in [-0.1, -0.05) is 15.9 Å². The van der Waals surface area contributed by atoms with Gasteiger partial charge in [-0.3, -0.25) is 0 Å². The third-order valence-electron chi connectivity index (χ3n) is 4.32. The number of rotatable bonds is 4. The van der Waals surface area contributed by atoms with E-state index in [0.717, 1.165) is 40.0 Å². The summed E-state index contributed by atoms with van der Waals surface area (Å²) in [4.78, 5) is 0. The van der Waals surface area contributed by atoms with Gasteiger partial charge in [0.1, 0.15) is 0 Å². The van der Waals surface area contributed by atoms with E-state index in [1.807, 2.05) is 23.7 Å². The Morgan fingerprint density at radius 2 is 2.19 bits per heavy atom. The van der Waals surface area contributed by atoms with Crippen molar-refractivity contribution < 1.29 is 4.74 Å². The Hall–Kier alpha value is -1.47. The van der Waals surface area contributed by atoms with Gasteiger partial charge in [0.2, 0.25) is 0 Å². The first kappa shape index (κ1) is 14.5. The second-order valence-corrected chi connectivity index (χ2v) is 6.48. The number of ether oxygens (including phenoxy) is 1. The molecule has 1 aromatic heterocycles. The van der Waals surface area contributed by atoms with Gasteiger partial charge in [0.25, 0.3) is 0 Å². The highest BCUT2D eigenvalue weighted by atomic mass is 79.9. The van der Waals surface area contributed by atoms with Crippen molar-refractivity contribution >= 4 is 21.6 Å². The minimum Gasteiger partial charge on any atom is -0.398 e. The molecule has 6 nitrogen and oxygen atoms in total. The molecule has 112 valence electrons. The number of tetrazole rings is 1. The van der Waals surface area contributed by atoms with Crippen LogP contribution in [-0.2, 0) is 11.3 Å². The van der Waals surface area contributed by atoms with Crippen LogP contribution in [0, 0.1) is 6.92 Å². The summed E-state index contributed by atoms with van der Waals surface area (Å²) in [7, 11) is 1.76. The molecule has 0 radical (unpaired) electrons. The number of nitrogens with two attached hydrogens (primary N) is 1. The van der Waals surface area contributed by atoms with Gasteiger partial charge in [-0.15, -0.1) is 5.10 Å². The SMILES string of the molecule is COC1(Cn2nnnc2-c2cc(Br)cc(N)c2C)CCC1. The lowest BCUT2D eigenvalue weighted by Crippen LogP contribution is -2.43. The van der Waals surface area contributed by atoms with E-state index < -0.39 is 0 Å². The summed E-state index contributed by atoms with van der Waals surface area (Å²) in [5.41, 5.74) is 8.55. The Morgan fingerprint density at radius 3 is 2.81 bits per heavy atom. The van der Waals surface area contributed by atoms with Crippen LogP contribution in [0.25, 0.3) is 11.4 Å². The fraction of sp³-hybridized carbons (Fsp3) is 0.500. The monoisotopic (exact) mass is 351 g/mol. The number of methoxy groups -OCH3 is 1. The molecule has 1 aliphatic rings. The van der Waals surface area contributed by atoms with Crippen molar-refractivity contribution in [3.63, 3.8) is 0 Å². The molecule has 21 heavy (non-hydrogen) atoms. The van der Waals surface area contributed by atoms with Crippen molar-refractivity contribution in [2.75, 3.05) is 12.8 Å². The Bertz CT molecular complexity index is 660. The van der Waals surface area contributed by atoms with E-state index in [2.05, 4.69) is 31.5 Å². The van der Waals surface area contributed by atoms with E-state index >= 15 is 0 Å². The van der Waals surface area contributed by atoms with Crippen LogP contribution < -0.4 is 5.73 Å². The maximum Gasteiger partial charge on any atom is 0.182 e. The highest BCUT2D eigenvalue weighted by molar-refractivity contribution is 9.10. The summed E-state index contributed by atoms with van der Waals surface area (Å²) in [5, 5.41) is 12.1. The quantitative estimate of drug-likeness (QED) is 0.856. The normalized spacial score (nSPS) is 16.7. The summed E-state index contributed by atoms with van der Waals surface area (Å²) in [6.07, 6.45) is 3.28. The number of nitrogens with zero attached hydrogens (tertiary/aromatic N) is 4. The van der Waals surface area contributed by atoms with Crippen LogP contribution in [0.3, 0.4) is 0 Å². The average molecular weight is 352 g/mol. The molecule has 1 saturated carbocycles. The molecule has 1 aromatic carbocycles. The fourth-order valence-corrected chi connectivity index (χ4v) is 3.18. The number of nitrogen functional groups attached to an aromatic ring is 1. The maximum absolute atomic E-state index is 6.04. The van der Waals surface area contributed by atoms with Crippen LogP contribution in [0.4, 0.5) is 5.69 Å². The van der Waals surface area contributed by atoms with E-state index in [0.29, 0.717) is 6.54 Å². The summed E-state index contributed by atoms with van der Waals surface area (Å²) in [6, 6.07) is 3.88. The number of hydrogen-bond acceptors (Lipinski definition) is 5. The molecular formula is C14H18BrN5O. The number of benzene rings is 1. The van der Waals surface area contributed by atoms with Crippen LogP contribution in [0.1, 0.15) is 24.8 Å². The summed E-state index contributed by atoms with van der Waals surface area (Å²) < 4.78 is 8.40. The van der Waals surface area contributed by atoms with Gasteiger partial charge in [-0.25, -0.2) is 4.68 Å². The van der Waals surface area contributed by atoms with Crippen LogP contribution in [-0.4, -0.2) is 32.9 Å². The highest BCUT2D eigenvalue weighted by Crippen LogP contribution is 2.37. The first-order valence-corrected chi connectivity index (χ1v) is 7.71. The van der Waals surface area contributed by atoms with E-state index in [-0.39, 0.29) is 5.60 Å². The fourth-order valence-electron chi connectivity index (χ4n) is 2.71. The van der Waals surface area contributed by atoms with Crippen LogP contribution >= 0.6 is 15.9 Å². The number of aromatic nitrogens is 4. The van der Waals surface area contributed by atoms with Gasteiger partial charge in [0.05, 0.1) is 12.1 Å². The molecule has 2 aromatic rings. The Labute approximate surface area is 131 Å². The molecule has 3 rings (SSSR count). The molecule has 0 aliphatic heterocycles. The first-order chi connectivity index (χ1) is 10.0. The third kappa shape index (κ3) is 2.55. The average Bonchev–Trinajstić information content (AvgIpc) is 2.86. The highest BCUT2D eigenvalue weighted by Gasteiger charge is 2.38.